The zero-order valence-corrected chi connectivity index (χ0v) is 12.0. The van der Waals surface area contributed by atoms with Crippen LogP contribution in [-0.2, 0) is 4.79 Å². The molecule has 0 aromatic heterocycles. The average molecular weight is 306 g/mol. The Kier molecular flexibility index (Phi) is 3.59. The fourth-order valence-electron chi connectivity index (χ4n) is 2.20. The van der Waals surface area contributed by atoms with Crippen LogP contribution in [0.4, 0.5) is 5.69 Å². The van der Waals surface area contributed by atoms with Crippen LogP contribution in [0.15, 0.2) is 47.4 Å². The van der Waals surface area contributed by atoms with Gasteiger partial charge in [-0.2, -0.15) is 0 Å². The van der Waals surface area contributed by atoms with Gasteiger partial charge in [0.05, 0.1) is 10.9 Å². The minimum Gasteiger partial charge on any atom is -0.506 e. The van der Waals surface area contributed by atoms with E-state index >= 15 is 0 Å². The van der Waals surface area contributed by atoms with Crippen LogP contribution < -0.4 is 5.32 Å². The van der Waals surface area contributed by atoms with Crippen molar-refractivity contribution in [2.75, 3.05) is 11.1 Å². The summed E-state index contributed by atoms with van der Waals surface area (Å²) >= 11 is 7.43. The summed E-state index contributed by atoms with van der Waals surface area (Å²) in [6, 6.07) is 12.6. The molecule has 2 N–H and O–H groups in total. The molecule has 1 aliphatic rings. The summed E-state index contributed by atoms with van der Waals surface area (Å²) in [5.74, 6) is 0.481. The van der Waals surface area contributed by atoms with Gasteiger partial charge in [0.2, 0.25) is 5.91 Å². The molecule has 2 aromatic rings. The monoisotopic (exact) mass is 305 g/mol. The van der Waals surface area contributed by atoms with Gasteiger partial charge in [-0.05, 0) is 23.8 Å². The van der Waals surface area contributed by atoms with E-state index in [1.54, 1.807) is 23.9 Å². The second-order valence-electron chi connectivity index (χ2n) is 4.56. The van der Waals surface area contributed by atoms with E-state index in [9.17, 15) is 9.90 Å². The van der Waals surface area contributed by atoms with E-state index in [1.165, 1.54) is 6.07 Å². The van der Waals surface area contributed by atoms with Crippen molar-refractivity contribution in [2.45, 2.75) is 10.8 Å². The highest BCUT2D eigenvalue weighted by Crippen LogP contribution is 2.40. The molecule has 1 heterocycles. The Balaban J connectivity index is 1.79. The molecule has 0 spiro atoms. The van der Waals surface area contributed by atoms with Gasteiger partial charge in [0, 0.05) is 22.4 Å². The van der Waals surface area contributed by atoms with Crippen LogP contribution in [0.3, 0.4) is 0 Å². The van der Waals surface area contributed by atoms with Crippen LogP contribution in [0, 0.1) is 0 Å². The van der Waals surface area contributed by atoms with Gasteiger partial charge in [-0.3, -0.25) is 4.79 Å². The normalized spacial score (nSPS) is 16.8. The number of halogens is 1. The fourth-order valence-corrected chi connectivity index (χ4v) is 3.55. The zero-order valence-electron chi connectivity index (χ0n) is 10.5. The highest BCUT2D eigenvalue weighted by molar-refractivity contribution is 7.99. The van der Waals surface area contributed by atoms with Crippen molar-refractivity contribution in [2.24, 2.45) is 0 Å². The fraction of sp³-hybridized carbons (Fsp3) is 0.133. The number of amides is 1. The quantitative estimate of drug-likeness (QED) is 0.885. The van der Waals surface area contributed by atoms with Gasteiger partial charge in [-0.25, -0.2) is 0 Å². The first-order chi connectivity index (χ1) is 9.65. The van der Waals surface area contributed by atoms with Crippen molar-refractivity contribution in [3.63, 3.8) is 0 Å². The molecular weight excluding hydrogens is 294 g/mol. The van der Waals surface area contributed by atoms with E-state index < -0.39 is 0 Å². The third-order valence-corrected chi connectivity index (χ3v) is 4.73. The van der Waals surface area contributed by atoms with Gasteiger partial charge in [0.15, 0.2) is 0 Å². The molecular formula is C15H12ClNO2S. The molecule has 3 rings (SSSR count). The number of carbonyl (C=O) groups excluding carboxylic acids is 1. The van der Waals surface area contributed by atoms with E-state index in [0.717, 1.165) is 16.2 Å². The smallest absolute Gasteiger partial charge is 0.232 e. The standard InChI is InChI=1S/C15H12ClNO2S/c16-12-6-5-9(7-13(12)18)17-15(19)11-8-20-14-4-2-1-3-10(11)14/h1-7,11,18H,8H2,(H,17,19). The van der Waals surface area contributed by atoms with E-state index in [4.69, 9.17) is 11.6 Å². The van der Waals surface area contributed by atoms with Gasteiger partial charge >= 0.3 is 0 Å². The molecule has 0 radical (unpaired) electrons. The predicted molar refractivity (Wildman–Crippen MR) is 81.7 cm³/mol. The minimum atomic E-state index is -0.158. The van der Waals surface area contributed by atoms with Gasteiger partial charge in [-0.15, -0.1) is 11.8 Å². The number of benzene rings is 2. The van der Waals surface area contributed by atoms with E-state index in [-0.39, 0.29) is 22.6 Å². The summed E-state index contributed by atoms with van der Waals surface area (Å²) < 4.78 is 0. The highest BCUT2D eigenvalue weighted by atomic mass is 35.5. The maximum atomic E-state index is 12.3. The van der Waals surface area contributed by atoms with Crippen LogP contribution in [-0.4, -0.2) is 16.8 Å². The van der Waals surface area contributed by atoms with E-state index in [0.29, 0.717) is 5.69 Å². The number of phenolic OH excluding ortho intramolecular Hbond substituents is 1. The minimum absolute atomic E-state index is 0.0364. The molecule has 0 aliphatic carbocycles. The Morgan fingerprint density at radius 3 is 2.90 bits per heavy atom. The third-order valence-electron chi connectivity index (χ3n) is 3.23. The summed E-state index contributed by atoms with van der Waals surface area (Å²) in [7, 11) is 0. The lowest BCUT2D eigenvalue weighted by Gasteiger charge is -2.12. The van der Waals surface area contributed by atoms with Crippen molar-refractivity contribution in [3.05, 3.63) is 53.1 Å². The number of anilines is 1. The first-order valence-corrected chi connectivity index (χ1v) is 7.52. The molecule has 3 nitrogen and oxygen atoms in total. The van der Waals surface area contributed by atoms with Crippen molar-refractivity contribution < 1.29 is 9.90 Å². The van der Waals surface area contributed by atoms with Crippen molar-refractivity contribution >= 4 is 35.0 Å². The molecule has 20 heavy (non-hydrogen) atoms. The lowest BCUT2D eigenvalue weighted by atomic mass is 10.0. The summed E-state index contributed by atoms with van der Waals surface area (Å²) in [5, 5.41) is 12.6. The number of hydrogen-bond acceptors (Lipinski definition) is 3. The number of thioether (sulfide) groups is 1. The molecule has 1 amide bonds. The van der Waals surface area contributed by atoms with Gasteiger partial charge < -0.3 is 10.4 Å². The number of phenols is 1. The van der Waals surface area contributed by atoms with Crippen molar-refractivity contribution in [1.29, 1.82) is 0 Å². The van der Waals surface area contributed by atoms with Crippen LogP contribution >= 0.6 is 23.4 Å². The average Bonchev–Trinajstić information content (AvgIpc) is 2.87. The number of nitrogens with one attached hydrogen (secondary N) is 1. The molecule has 0 fully saturated rings. The molecule has 102 valence electrons. The number of aromatic hydroxyl groups is 1. The van der Waals surface area contributed by atoms with E-state index in [2.05, 4.69) is 5.32 Å². The topological polar surface area (TPSA) is 49.3 Å². The zero-order chi connectivity index (χ0) is 14.1. The third kappa shape index (κ3) is 2.49. The molecule has 1 aliphatic heterocycles. The molecule has 1 atom stereocenters. The SMILES string of the molecule is O=C(Nc1ccc(Cl)c(O)c1)C1CSc2ccccc21. The van der Waals surface area contributed by atoms with Crippen LogP contribution in [0.25, 0.3) is 0 Å². The predicted octanol–water partition coefficient (Wildman–Crippen LogP) is 3.87. The van der Waals surface area contributed by atoms with Crippen molar-refractivity contribution in [1.82, 2.24) is 0 Å². The summed E-state index contributed by atoms with van der Waals surface area (Å²) in [6.07, 6.45) is 0. The van der Waals surface area contributed by atoms with Crippen molar-refractivity contribution in [3.8, 4) is 5.75 Å². The molecule has 5 heteroatoms. The number of carbonyl (C=O) groups is 1. The Morgan fingerprint density at radius 2 is 2.10 bits per heavy atom. The second-order valence-corrected chi connectivity index (χ2v) is 6.03. The Morgan fingerprint density at radius 1 is 1.30 bits per heavy atom. The van der Waals surface area contributed by atoms with Gasteiger partial charge in [0.1, 0.15) is 5.75 Å². The molecule has 0 saturated carbocycles. The highest BCUT2D eigenvalue weighted by Gasteiger charge is 2.28. The van der Waals surface area contributed by atoms with Gasteiger partial charge in [-0.1, -0.05) is 29.8 Å². The first kappa shape index (κ1) is 13.3. The second kappa shape index (κ2) is 5.38. The van der Waals surface area contributed by atoms with Crippen LogP contribution in [0.5, 0.6) is 5.75 Å². The lowest BCUT2D eigenvalue weighted by Crippen LogP contribution is -2.20. The Labute approximate surface area is 126 Å². The summed E-state index contributed by atoms with van der Waals surface area (Å²) in [5.41, 5.74) is 1.61. The molecule has 1 unspecified atom stereocenters. The van der Waals surface area contributed by atoms with Crippen LogP contribution in [0.1, 0.15) is 11.5 Å². The molecule has 0 bridgehead atoms. The number of fused-ring (bicyclic) bond motifs is 1. The summed E-state index contributed by atoms with van der Waals surface area (Å²) in [4.78, 5) is 13.5. The Hall–Kier alpha value is -1.65. The lowest BCUT2D eigenvalue weighted by molar-refractivity contribution is -0.117. The maximum absolute atomic E-state index is 12.3. The molecule has 0 saturated heterocycles. The molecule has 2 aromatic carbocycles. The largest absolute Gasteiger partial charge is 0.506 e. The first-order valence-electron chi connectivity index (χ1n) is 6.16. The Bertz CT molecular complexity index is 675. The maximum Gasteiger partial charge on any atom is 0.232 e. The van der Waals surface area contributed by atoms with E-state index in [1.807, 2.05) is 24.3 Å². The number of hydrogen-bond donors (Lipinski definition) is 2. The number of rotatable bonds is 2. The van der Waals surface area contributed by atoms with Gasteiger partial charge in [0.25, 0.3) is 0 Å². The summed E-state index contributed by atoms with van der Waals surface area (Å²) in [6.45, 7) is 0. The van der Waals surface area contributed by atoms with Crippen LogP contribution in [0.2, 0.25) is 5.02 Å².